The highest BCUT2D eigenvalue weighted by atomic mass is 32.1. The summed E-state index contributed by atoms with van der Waals surface area (Å²) in [5.41, 5.74) is 2.72. The van der Waals surface area contributed by atoms with Gasteiger partial charge < -0.3 is 9.47 Å². The summed E-state index contributed by atoms with van der Waals surface area (Å²) >= 11 is 1.62. The predicted octanol–water partition coefficient (Wildman–Crippen LogP) is 5.59. The van der Waals surface area contributed by atoms with Crippen molar-refractivity contribution in [2.75, 3.05) is 13.2 Å². The average Bonchev–Trinajstić information content (AvgIpc) is 3.04. The van der Waals surface area contributed by atoms with E-state index in [1.54, 1.807) is 17.6 Å². The molecule has 0 spiro atoms. The molecule has 0 atom stereocenters. The van der Waals surface area contributed by atoms with Crippen LogP contribution in [0.3, 0.4) is 0 Å². The maximum atomic E-state index is 12.5. The van der Waals surface area contributed by atoms with E-state index in [0.717, 1.165) is 41.1 Å². The number of aliphatic imine (C=N–C) groups is 1. The molecule has 5 heteroatoms. The normalized spacial score (nSPS) is 13.8. The molecule has 1 heterocycles. The van der Waals surface area contributed by atoms with Crippen LogP contribution in [-0.2, 0) is 17.6 Å². The summed E-state index contributed by atoms with van der Waals surface area (Å²) in [7, 11) is 0. The molecule has 4 nitrogen and oxygen atoms in total. The van der Waals surface area contributed by atoms with Gasteiger partial charge in [0.25, 0.3) is 0 Å². The van der Waals surface area contributed by atoms with Crippen molar-refractivity contribution in [2.24, 2.45) is 10.9 Å². The molecule has 0 radical (unpaired) electrons. The fourth-order valence-corrected chi connectivity index (χ4v) is 4.38. The number of rotatable bonds is 7. The van der Waals surface area contributed by atoms with Crippen molar-refractivity contribution in [3.63, 3.8) is 0 Å². The second-order valence-corrected chi connectivity index (χ2v) is 8.20. The number of nitrogens with zero attached hydrogens (tertiary/aromatic N) is 1. The van der Waals surface area contributed by atoms with E-state index < -0.39 is 0 Å². The molecule has 0 unspecified atom stereocenters. The van der Waals surface area contributed by atoms with Crippen LogP contribution < -0.4 is 4.74 Å². The first-order chi connectivity index (χ1) is 13.1. The van der Waals surface area contributed by atoms with Crippen LogP contribution in [0.15, 0.2) is 29.3 Å². The Kier molecular flexibility index (Phi) is 6.67. The molecule has 3 rings (SSSR count). The number of para-hydroxylation sites is 1. The molecular formula is C22H27NO3S. The molecule has 144 valence electrons. The highest BCUT2D eigenvalue weighted by Crippen LogP contribution is 2.40. The maximum Gasteiger partial charge on any atom is 0.341 e. The lowest BCUT2D eigenvalue weighted by atomic mass is 9.95. The van der Waals surface area contributed by atoms with Crippen molar-refractivity contribution >= 4 is 28.5 Å². The summed E-state index contributed by atoms with van der Waals surface area (Å²) in [6, 6.07) is 7.86. The Balaban J connectivity index is 1.91. The standard InChI is InChI=1S/C22H27NO3S/c1-4-25-22(24)20-17-10-6-8-12-19(17)27-21(20)23-13-16-9-5-7-11-18(16)26-14-15(2)3/h5,7,9,11,13,15H,4,6,8,10,12,14H2,1-3H3. The molecule has 0 fully saturated rings. The zero-order valence-corrected chi connectivity index (χ0v) is 17.1. The molecule has 0 aliphatic heterocycles. The first-order valence-electron chi connectivity index (χ1n) is 9.67. The van der Waals surface area contributed by atoms with Gasteiger partial charge in [-0.25, -0.2) is 9.79 Å². The Morgan fingerprint density at radius 3 is 2.81 bits per heavy atom. The van der Waals surface area contributed by atoms with Gasteiger partial charge in [0, 0.05) is 16.7 Å². The molecule has 1 aromatic heterocycles. The maximum absolute atomic E-state index is 12.5. The molecular weight excluding hydrogens is 358 g/mol. The third kappa shape index (κ3) is 4.78. The first kappa shape index (κ1) is 19.6. The molecule has 0 saturated heterocycles. The Labute approximate surface area is 165 Å². The lowest BCUT2D eigenvalue weighted by molar-refractivity contribution is 0.0526. The largest absolute Gasteiger partial charge is 0.493 e. The van der Waals surface area contributed by atoms with Gasteiger partial charge in [0.1, 0.15) is 10.8 Å². The minimum atomic E-state index is -0.256. The molecule has 1 aromatic carbocycles. The summed E-state index contributed by atoms with van der Waals surface area (Å²) in [4.78, 5) is 18.5. The van der Waals surface area contributed by atoms with Crippen LogP contribution in [0.2, 0.25) is 0 Å². The molecule has 1 aliphatic carbocycles. The van der Waals surface area contributed by atoms with Crippen LogP contribution >= 0.6 is 11.3 Å². The summed E-state index contributed by atoms with van der Waals surface area (Å²) in [6.07, 6.45) is 6.05. The number of hydrogen-bond donors (Lipinski definition) is 0. The van der Waals surface area contributed by atoms with Gasteiger partial charge >= 0.3 is 5.97 Å². The highest BCUT2D eigenvalue weighted by molar-refractivity contribution is 7.16. The second-order valence-electron chi connectivity index (χ2n) is 7.11. The lowest BCUT2D eigenvalue weighted by Crippen LogP contribution is -2.09. The van der Waals surface area contributed by atoms with Gasteiger partial charge in [0.05, 0.1) is 18.8 Å². The number of carbonyl (C=O) groups is 1. The van der Waals surface area contributed by atoms with Gasteiger partial charge in [0.2, 0.25) is 0 Å². The van der Waals surface area contributed by atoms with Gasteiger partial charge in [-0.2, -0.15) is 0 Å². The Morgan fingerprint density at radius 1 is 1.26 bits per heavy atom. The fourth-order valence-electron chi connectivity index (χ4n) is 3.16. The molecule has 27 heavy (non-hydrogen) atoms. The quantitative estimate of drug-likeness (QED) is 0.461. The summed E-state index contributed by atoms with van der Waals surface area (Å²) in [6.45, 7) is 7.11. The summed E-state index contributed by atoms with van der Waals surface area (Å²) in [5.74, 6) is 1.01. The predicted molar refractivity (Wildman–Crippen MR) is 111 cm³/mol. The van der Waals surface area contributed by atoms with Gasteiger partial charge in [-0.3, -0.25) is 0 Å². The lowest BCUT2D eigenvalue weighted by Gasteiger charge is -2.12. The highest BCUT2D eigenvalue weighted by Gasteiger charge is 2.26. The van der Waals surface area contributed by atoms with Crippen molar-refractivity contribution in [2.45, 2.75) is 46.5 Å². The average molecular weight is 386 g/mol. The molecule has 0 saturated carbocycles. The summed E-state index contributed by atoms with van der Waals surface area (Å²) in [5, 5.41) is 0.749. The Bertz CT molecular complexity index is 823. The zero-order valence-electron chi connectivity index (χ0n) is 16.3. The SMILES string of the molecule is CCOC(=O)c1c(N=Cc2ccccc2OCC(C)C)sc2c1CCCC2. The molecule has 1 aliphatic rings. The van der Waals surface area contributed by atoms with E-state index in [1.807, 2.05) is 31.2 Å². The minimum absolute atomic E-state index is 0.256. The van der Waals surface area contributed by atoms with E-state index in [0.29, 0.717) is 24.7 Å². The van der Waals surface area contributed by atoms with Crippen molar-refractivity contribution in [3.8, 4) is 5.75 Å². The van der Waals surface area contributed by atoms with Crippen LogP contribution in [0, 0.1) is 5.92 Å². The third-order valence-electron chi connectivity index (χ3n) is 4.44. The van der Waals surface area contributed by atoms with E-state index in [-0.39, 0.29) is 5.97 Å². The van der Waals surface area contributed by atoms with Crippen molar-refractivity contribution in [3.05, 3.63) is 45.8 Å². The fraction of sp³-hybridized carbons (Fsp3) is 0.455. The molecule has 2 aromatic rings. The van der Waals surface area contributed by atoms with E-state index >= 15 is 0 Å². The van der Waals surface area contributed by atoms with Gasteiger partial charge in [-0.05, 0) is 56.2 Å². The number of ether oxygens (including phenoxy) is 2. The summed E-state index contributed by atoms with van der Waals surface area (Å²) < 4.78 is 11.2. The number of esters is 1. The minimum Gasteiger partial charge on any atom is -0.493 e. The third-order valence-corrected chi connectivity index (χ3v) is 5.64. The van der Waals surface area contributed by atoms with Crippen LogP contribution in [0.1, 0.15) is 60.0 Å². The second kappa shape index (κ2) is 9.18. The number of carbonyl (C=O) groups excluding carboxylic acids is 1. The van der Waals surface area contributed by atoms with Gasteiger partial charge in [-0.1, -0.05) is 26.0 Å². The van der Waals surface area contributed by atoms with E-state index in [9.17, 15) is 4.79 Å². The monoisotopic (exact) mass is 385 g/mol. The van der Waals surface area contributed by atoms with Gasteiger partial charge in [0.15, 0.2) is 0 Å². The number of hydrogen-bond acceptors (Lipinski definition) is 5. The zero-order chi connectivity index (χ0) is 19.2. The topological polar surface area (TPSA) is 47.9 Å². The van der Waals surface area contributed by atoms with E-state index in [4.69, 9.17) is 9.47 Å². The van der Waals surface area contributed by atoms with E-state index in [1.165, 1.54) is 11.3 Å². The van der Waals surface area contributed by atoms with Crippen molar-refractivity contribution in [1.82, 2.24) is 0 Å². The van der Waals surface area contributed by atoms with Crippen LogP contribution in [0.5, 0.6) is 5.75 Å². The van der Waals surface area contributed by atoms with Crippen LogP contribution in [0.25, 0.3) is 0 Å². The molecule has 0 bridgehead atoms. The Hall–Kier alpha value is -2.14. The molecule has 0 N–H and O–H groups in total. The number of aryl methyl sites for hydroxylation is 1. The van der Waals surface area contributed by atoms with E-state index in [2.05, 4.69) is 18.8 Å². The smallest absolute Gasteiger partial charge is 0.341 e. The first-order valence-corrected chi connectivity index (χ1v) is 10.5. The number of benzene rings is 1. The van der Waals surface area contributed by atoms with Crippen molar-refractivity contribution < 1.29 is 14.3 Å². The van der Waals surface area contributed by atoms with Crippen LogP contribution in [0.4, 0.5) is 5.00 Å². The number of thiophene rings is 1. The van der Waals surface area contributed by atoms with Crippen molar-refractivity contribution in [1.29, 1.82) is 0 Å². The Morgan fingerprint density at radius 2 is 2.04 bits per heavy atom. The number of fused-ring (bicyclic) bond motifs is 1. The van der Waals surface area contributed by atoms with Crippen LogP contribution in [-0.4, -0.2) is 25.4 Å². The van der Waals surface area contributed by atoms with Gasteiger partial charge in [-0.15, -0.1) is 11.3 Å². The molecule has 0 amide bonds.